The molecule has 106 valence electrons. The summed E-state index contributed by atoms with van der Waals surface area (Å²) < 4.78 is 0. The van der Waals surface area contributed by atoms with Crippen LogP contribution in [0.15, 0.2) is 54.6 Å². The molecule has 0 amide bonds. The molecule has 0 saturated carbocycles. The molecule has 3 aromatic rings. The summed E-state index contributed by atoms with van der Waals surface area (Å²) in [5.74, 6) is 0. The number of hydrogen-bond donors (Lipinski definition) is 0. The molecule has 0 fully saturated rings. The fourth-order valence-electron chi connectivity index (χ4n) is 2.65. The maximum absolute atomic E-state index is 4.98. The molecular formula is C19H18BrN. The summed E-state index contributed by atoms with van der Waals surface area (Å²) in [4.78, 5) is 5.31. The van der Waals surface area contributed by atoms with Gasteiger partial charge in [0.2, 0.25) is 0 Å². The standard InChI is InChI=1S/C19H18BrN/c1-3-17(20)16-12-15-11-7-8-13(2)18(15)21-19(16)14-9-5-4-6-10-14/h4-12,17H,3H2,1-2H3. The highest BCUT2D eigenvalue weighted by Crippen LogP contribution is 2.36. The van der Waals surface area contributed by atoms with Gasteiger partial charge in [0.25, 0.3) is 0 Å². The van der Waals surface area contributed by atoms with E-state index < -0.39 is 0 Å². The first kappa shape index (κ1) is 14.3. The van der Waals surface area contributed by atoms with Crippen LogP contribution in [0.25, 0.3) is 22.2 Å². The van der Waals surface area contributed by atoms with E-state index in [1.165, 1.54) is 22.1 Å². The number of hydrogen-bond acceptors (Lipinski definition) is 1. The number of alkyl halides is 1. The molecule has 0 aliphatic rings. The molecule has 3 rings (SSSR count). The van der Waals surface area contributed by atoms with Crippen molar-refractivity contribution in [3.63, 3.8) is 0 Å². The van der Waals surface area contributed by atoms with Crippen LogP contribution >= 0.6 is 15.9 Å². The van der Waals surface area contributed by atoms with Crippen molar-refractivity contribution in [1.29, 1.82) is 0 Å². The lowest BCUT2D eigenvalue weighted by Gasteiger charge is -2.15. The molecule has 0 spiro atoms. The van der Waals surface area contributed by atoms with Gasteiger partial charge in [-0.15, -0.1) is 0 Å². The normalized spacial score (nSPS) is 12.5. The van der Waals surface area contributed by atoms with Gasteiger partial charge in [0.15, 0.2) is 0 Å². The fourth-order valence-corrected chi connectivity index (χ4v) is 3.00. The second-order valence-corrected chi connectivity index (χ2v) is 6.42. The number of aromatic nitrogens is 1. The number of halogens is 1. The third kappa shape index (κ3) is 2.73. The molecular weight excluding hydrogens is 322 g/mol. The Labute approximate surface area is 134 Å². The van der Waals surface area contributed by atoms with Crippen molar-refractivity contribution >= 4 is 26.8 Å². The summed E-state index contributed by atoms with van der Waals surface area (Å²) in [7, 11) is 0. The minimum atomic E-state index is 0.324. The molecule has 0 radical (unpaired) electrons. The molecule has 2 aromatic carbocycles. The predicted octanol–water partition coefficient (Wildman–Crippen LogP) is 6.06. The minimum Gasteiger partial charge on any atom is -0.247 e. The first-order valence-electron chi connectivity index (χ1n) is 7.30. The summed E-state index contributed by atoms with van der Waals surface area (Å²) in [5.41, 5.74) is 5.84. The predicted molar refractivity (Wildman–Crippen MR) is 93.9 cm³/mol. The van der Waals surface area contributed by atoms with E-state index in [2.05, 4.69) is 78.3 Å². The van der Waals surface area contributed by atoms with Crippen molar-refractivity contribution < 1.29 is 0 Å². The van der Waals surface area contributed by atoms with E-state index in [0.717, 1.165) is 17.6 Å². The molecule has 1 aromatic heterocycles. The average molecular weight is 340 g/mol. The second-order valence-electron chi connectivity index (χ2n) is 5.31. The number of fused-ring (bicyclic) bond motifs is 1. The maximum Gasteiger partial charge on any atom is 0.0753 e. The number of rotatable bonds is 3. The average Bonchev–Trinajstić information content (AvgIpc) is 2.54. The van der Waals surface area contributed by atoms with Crippen LogP contribution in [0.3, 0.4) is 0 Å². The molecule has 0 aliphatic heterocycles. The van der Waals surface area contributed by atoms with E-state index in [4.69, 9.17) is 4.98 Å². The first-order valence-corrected chi connectivity index (χ1v) is 8.22. The van der Waals surface area contributed by atoms with E-state index in [0.29, 0.717) is 4.83 Å². The van der Waals surface area contributed by atoms with Crippen LogP contribution in [0.2, 0.25) is 0 Å². The zero-order valence-electron chi connectivity index (χ0n) is 12.3. The summed E-state index contributed by atoms with van der Waals surface area (Å²) in [6, 6.07) is 19.1. The molecule has 0 aliphatic carbocycles. The first-order chi connectivity index (χ1) is 10.2. The van der Waals surface area contributed by atoms with Crippen molar-refractivity contribution in [1.82, 2.24) is 4.98 Å². The van der Waals surface area contributed by atoms with Gasteiger partial charge in [0.1, 0.15) is 0 Å². The Morgan fingerprint density at radius 1 is 1.05 bits per heavy atom. The lowest BCUT2D eigenvalue weighted by molar-refractivity contribution is 0.909. The molecule has 0 bridgehead atoms. The zero-order valence-corrected chi connectivity index (χ0v) is 13.9. The van der Waals surface area contributed by atoms with Crippen LogP contribution in [0.1, 0.15) is 29.3 Å². The van der Waals surface area contributed by atoms with Crippen molar-refractivity contribution in [3.8, 4) is 11.3 Å². The van der Waals surface area contributed by atoms with E-state index in [1.807, 2.05) is 6.07 Å². The van der Waals surface area contributed by atoms with Crippen molar-refractivity contribution in [3.05, 3.63) is 65.7 Å². The van der Waals surface area contributed by atoms with Crippen LogP contribution < -0.4 is 0 Å². The third-order valence-corrected chi connectivity index (χ3v) is 4.96. The molecule has 1 unspecified atom stereocenters. The van der Waals surface area contributed by atoms with E-state index in [-0.39, 0.29) is 0 Å². The van der Waals surface area contributed by atoms with Gasteiger partial charge in [-0.05, 0) is 30.5 Å². The molecule has 0 N–H and O–H groups in total. The van der Waals surface area contributed by atoms with Gasteiger partial charge >= 0.3 is 0 Å². The van der Waals surface area contributed by atoms with Gasteiger partial charge in [-0.1, -0.05) is 71.4 Å². The van der Waals surface area contributed by atoms with Gasteiger partial charge in [-0.25, -0.2) is 4.98 Å². The lowest BCUT2D eigenvalue weighted by Crippen LogP contribution is -1.98. The van der Waals surface area contributed by atoms with Gasteiger partial charge in [0, 0.05) is 15.8 Å². The maximum atomic E-state index is 4.98. The number of para-hydroxylation sites is 1. The monoisotopic (exact) mass is 339 g/mol. The van der Waals surface area contributed by atoms with Gasteiger partial charge in [-0.2, -0.15) is 0 Å². The Morgan fingerprint density at radius 2 is 1.81 bits per heavy atom. The zero-order chi connectivity index (χ0) is 14.8. The van der Waals surface area contributed by atoms with E-state index in [1.54, 1.807) is 0 Å². The van der Waals surface area contributed by atoms with Crippen LogP contribution in [0, 0.1) is 6.92 Å². The summed E-state index contributed by atoms with van der Waals surface area (Å²) in [5, 5.41) is 1.21. The molecule has 2 heteroatoms. The highest BCUT2D eigenvalue weighted by molar-refractivity contribution is 9.09. The number of benzene rings is 2. The van der Waals surface area contributed by atoms with Crippen LogP contribution in [-0.4, -0.2) is 4.98 Å². The minimum absolute atomic E-state index is 0.324. The smallest absolute Gasteiger partial charge is 0.0753 e. The van der Waals surface area contributed by atoms with Gasteiger partial charge in [-0.3, -0.25) is 0 Å². The molecule has 1 heterocycles. The Morgan fingerprint density at radius 3 is 2.52 bits per heavy atom. The Hall–Kier alpha value is -1.67. The topological polar surface area (TPSA) is 12.9 Å². The second kappa shape index (κ2) is 5.98. The molecule has 1 nitrogen and oxygen atoms in total. The van der Waals surface area contributed by atoms with E-state index >= 15 is 0 Å². The summed E-state index contributed by atoms with van der Waals surface area (Å²) >= 11 is 3.80. The summed E-state index contributed by atoms with van der Waals surface area (Å²) in [6.45, 7) is 4.31. The van der Waals surface area contributed by atoms with Crippen molar-refractivity contribution in [2.75, 3.05) is 0 Å². The highest BCUT2D eigenvalue weighted by Gasteiger charge is 2.15. The summed E-state index contributed by atoms with van der Waals surface area (Å²) in [6.07, 6.45) is 1.04. The highest BCUT2D eigenvalue weighted by atomic mass is 79.9. The van der Waals surface area contributed by atoms with Crippen LogP contribution in [0.5, 0.6) is 0 Å². The van der Waals surface area contributed by atoms with Crippen LogP contribution in [-0.2, 0) is 0 Å². The van der Waals surface area contributed by atoms with Gasteiger partial charge < -0.3 is 0 Å². The number of pyridine rings is 1. The Bertz CT molecular complexity index is 765. The molecule has 21 heavy (non-hydrogen) atoms. The Balaban J connectivity index is 2.31. The molecule has 1 atom stereocenters. The van der Waals surface area contributed by atoms with Gasteiger partial charge in [0.05, 0.1) is 11.2 Å². The van der Waals surface area contributed by atoms with E-state index in [9.17, 15) is 0 Å². The van der Waals surface area contributed by atoms with Crippen molar-refractivity contribution in [2.45, 2.75) is 25.1 Å². The number of nitrogens with zero attached hydrogens (tertiary/aromatic N) is 1. The largest absolute Gasteiger partial charge is 0.247 e. The quantitative estimate of drug-likeness (QED) is 0.528. The fraction of sp³-hybridized carbons (Fsp3) is 0.211. The SMILES string of the molecule is CCC(Br)c1cc2cccc(C)c2nc1-c1ccccc1. The third-order valence-electron chi connectivity index (χ3n) is 3.82. The Kier molecular flexibility index (Phi) is 4.07. The lowest BCUT2D eigenvalue weighted by atomic mass is 9.99. The number of aryl methyl sites for hydroxylation is 1. The van der Waals surface area contributed by atoms with Crippen molar-refractivity contribution in [2.24, 2.45) is 0 Å². The molecule has 0 saturated heterocycles. The van der Waals surface area contributed by atoms with Crippen LogP contribution in [0.4, 0.5) is 0 Å².